The number of hydrogen-bond acceptors (Lipinski definition) is 6. The van der Waals surface area contributed by atoms with Crippen molar-refractivity contribution in [3.8, 4) is 0 Å². The smallest absolute Gasteiger partial charge is 0.349 e. The number of ether oxygens (including phenoxy) is 1. The molecular weight excluding hydrogens is 330 g/mol. The van der Waals surface area contributed by atoms with Crippen molar-refractivity contribution in [2.45, 2.75) is 49.4 Å². The van der Waals surface area contributed by atoms with Crippen LogP contribution in [0, 0.1) is 0 Å². The van der Waals surface area contributed by atoms with Crippen molar-refractivity contribution in [3.63, 3.8) is 0 Å². The topological polar surface area (TPSA) is 72.5 Å². The van der Waals surface area contributed by atoms with E-state index in [0.717, 1.165) is 23.5 Å². The lowest BCUT2D eigenvalue weighted by Gasteiger charge is -2.21. The van der Waals surface area contributed by atoms with Gasteiger partial charge >= 0.3 is 5.97 Å². The van der Waals surface area contributed by atoms with Crippen LogP contribution in [0.5, 0.6) is 0 Å². The van der Waals surface area contributed by atoms with Crippen molar-refractivity contribution in [1.82, 2.24) is 4.72 Å². The molecule has 0 fully saturated rings. The van der Waals surface area contributed by atoms with Gasteiger partial charge in [0.25, 0.3) is 0 Å². The van der Waals surface area contributed by atoms with Crippen molar-refractivity contribution < 1.29 is 17.9 Å². The van der Waals surface area contributed by atoms with E-state index in [-0.39, 0.29) is 9.77 Å². The summed E-state index contributed by atoms with van der Waals surface area (Å²) in [6, 6.07) is 0. The van der Waals surface area contributed by atoms with Gasteiger partial charge in [-0.2, -0.15) is 0 Å². The molecule has 120 valence electrons. The van der Waals surface area contributed by atoms with Crippen LogP contribution in [-0.4, -0.2) is 32.8 Å². The Morgan fingerprint density at radius 2 is 2.05 bits per heavy atom. The molecule has 0 aromatic carbocycles. The second kappa shape index (κ2) is 7.13. The standard InChI is InChI=1S/C13H21NO4S3/c1-6-7-19-9-8-20-10(12(15)18-5)11(9)21(16,17)14-13(2,3)4/h8,14H,6-7H2,1-5H3. The molecule has 0 aliphatic rings. The molecule has 0 atom stereocenters. The molecule has 1 aromatic rings. The number of carbonyl (C=O) groups is 1. The van der Waals surface area contributed by atoms with Crippen molar-refractivity contribution >= 4 is 39.1 Å². The molecular formula is C13H21NO4S3. The molecule has 1 rings (SSSR count). The highest BCUT2D eigenvalue weighted by molar-refractivity contribution is 8.00. The molecule has 0 saturated heterocycles. The highest BCUT2D eigenvalue weighted by Crippen LogP contribution is 2.36. The highest BCUT2D eigenvalue weighted by Gasteiger charge is 2.31. The zero-order valence-electron chi connectivity index (χ0n) is 12.8. The molecule has 0 saturated carbocycles. The largest absolute Gasteiger partial charge is 0.465 e. The zero-order chi connectivity index (χ0) is 16.3. The first-order valence-corrected chi connectivity index (χ1v) is 9.83. The van der Waals surface area contributed by atoms with Gasteiger partial charge in [-0.1, -0.05) is 6.92 Å². The van der Waals surface area contributed by atoms with Gasteiger partial charge in [-0.15, -0.1) is 23.1 Å². The van der Waals surface area contributed by atoms with Crippen LogP contribution in [0.15, 0.2) is 15.2 Å². The lowest BCUT2D eigenvalue weighted by molar-refractivity contribution is 0.0602. The summed E-state index contributed by atoms with van der Waals surface area (Å²) >= 11 is 2.53. The van der Waals surface area contributed by atoms with Gasteiger partial charge in [0.1, 0.15) is 9.77 Å². The van der Waals surface area contributed by atoms with Gasteiger partial charge in [0.15, 0.2) is 0 Å². The average Bonchev–Trinajstić information content (AvgIpc) is 2.77. The molecule has 0 spiro atoms. The normalized spacial score (nSPS) is 12.4. The van der Waals surface area contributed by atoms with E-state index in [4.69, 9.17) is 4.74 Å². The number of methoxy groups -OCH3 is 1. The quantitative estimate of drug-likeness (QED) is 0.630. The Bertz CT molecular complexity index is 599. The van der Waals surface area contributed by atoms with Gasteiger partial charge in [-0.05, 0) is 32.9 Å². The van der Waals surface area contributed by atoms with E-state index in [1.165, 1.54) is 18.9 Å². The lowest BCUT2D eigenvalue weighted by atomic mass is 10.1. The molecule has 0 unspecified atom stereocenters. The summed E-state index contributed by atoms with van der Waals surface area (Å²) in [6.45, 7) is 7.29. The number of thioether (sulfide) groups is 1. The van der Waals surface area contributed by atoms with Crippen molar-refractivity contribution in [2.24, 2.45) is 0 Å². The number of esters is 1. The molecule has 1 heterocycles. The zero-order valence-corrected chi connectivity index (χ0v) is 15.3. The lowest BCUT2D eigenvalue weighted by Crippen LogP contribution is -2.41. The average molecular weight is 352 g/mol. The molecule has 8 heteroatoms. The first-order chi connectivity index (χ1) is 9.62. The third-order valence-electron chi connectivity index (χ3n) is 2.26. The molecule has 0 radical (unpaired) electrons. The van der Waals surface area contributed by atoms with E-state index in [2.05, 4.69) is 4.72 Å². The summed E-state index contributed by atoms with van der Waals surface area (Å²) in [4.78, 5) is 12.6. The number of nitrogens with one attached hydrogen (secondary N) is 1. The number of thiophene rings is 1. The Morgan fingerprint density at radius 1 is 1.43 bits per heavy atom. The molecule has 0 aliphatic heterocycles. The summed E-state index contributed by atoms with van der Waals surface area (Å²) < 4.78 is 32.5. The van der Waals surface area contributed by atoms with Crippen LogP contribution in [0.3, 0.4) is 0 Å². The Hall–Kier alpha value is -0.570. The number of carbonyl (C=O) groups excluding carboxylic acids is 1. The number of sulfonamides is 1. The van der Waals surface area contributed by atoms with Crippen LogP contribution in [-0.2, 0) is 14.8 Å². The second-order valence-electron chi connectivity index (χ2n) is 5.45. The molecule has 0 aliphatic carbocycles. The van der Waals surface area contributed by atoms with Crippen LogP contribution in [0.2, 0.25) is 0 Å². The SMILES string of the molecule is CCCSc1csc(C(=O)OC)c1S(=O)(=O)NC(C)(C)C. The van der Waals surface area contributed by atoms with Gasteiger partial charge < -0.3 is 4.74 Å². The Morgan fingerprint density at radius 3 is 2.52 bits per heavy atom. The minimum atomic E-state index is -3.78. The second-order valence-corrected chi connectivity index (χ2v) is 9.09. The predicted molar refractivity (Wildman–Crippen MR) is 86.7 cm³/mol. The third-order valence-corrected chi connectivity index (χ3v) is 6.71. The van der Waals surface area contributed by atoms with Gasteiger partial charge in [-0.25, -0.2) is 17.9 Å². The highest BCUT2D eigenvalue weighted by atomic mass is 32.2. The van der Waals surface area contributed by atoms with Crippen LogP contribution < -0.4 is 4.72 Å². The van der Waals surface area contributed by atoms with Gasteiger partial charge in [0, 0.05) is 15.8 Å². The molecule has 5 nitrogen and oxygen atoms in total. The van der Waals surface area contributed by atoms with Crippen LogP contribution >= 0.6 is 23.1 Å². The number of hydrogen-bond donors (Lipinski definition) is 1. The van der Waals surface area contributed by atoms with Gasteiger partial charge in [-0.3, -0.25) is 0 Å². The molecule has 0 bridgehead atoms. The predicted octanol–water partition coefficient (Wildman–Crippen LogP) is 3.11. The van der Waals surface area contributed by atoms with Crippen LogP contribution in [0.25, 0.3) is 0 Å². The summed E-state index contributed by atoms with van der Waals surface area (Å²) in [7, 11) is -2.54. The van der Waals surface area contributed by atoms with Crippen molar-refractivity contribution in [1.29, 1.82) is 0 Å². The van der Waals surface area contributed by atoms with E-state index in [0.29, 0.717) is 4.90 Å². The number of rotatable bonds is 6. The molecule has 1 N–H and O–H groups in total. The first-order valence-electron chi connectivity index (χ1n) is 6.49. The molecule has 21 heavy (non-hydrogen) atoms. The molecule has 1 aromatic heterocycles. The summed E-state index contributed by atoms with van der Waals surface area (Å²) in [5, 5.41) is 1.70. The van der Waals surface area contributed by atoms with Crippen LogP contribution in [0.1, 0.15) is 43.8 Å². The van der Waals surface area contributed by atoms with Gasteiger partial charge in [0.05, 0.1) is 7.11 Å². The summed E-state index contributed by atoms with van der Waals surface area (Å²) in [5.74, 6) is 0.160. The maximum absolute atomic E-state index is 12.6. The fourth-order valence-electron chi connectivity index (χ4n) is 1.59. The van der Waals surface area contributed by atoms with Crippen LogP contribution in [0.4, 0.5) is 0 Å². The maximum atomic E-state index is 12.6. The van der Waals surface area contributed by atoms with E-state index >= 15 is 0 Å². The summed E-state index contributed by atoms with van der Waals surface area (Å²) in [6.07, 6.45) is 0.917. The fraction of sp³-hybridized carbons (Fsp3) is 0.615. The van der Waals surface area contributed by atoms with E-state index in [9.17, 15) is 13.2 Å². The third kappa shape index (κ3) is 4.98. The fourth-order valence-corrected chi connectivity index (χ4v) is 6.08. The Balaban J connectivity index is 3.35. The van der Waals surface area contributed by atoms with Crippen molar-refractivity contribution in [3.05, 3.63) is 10.3 Å². The first kappa shape index (κ1) is 18.5. The molecule has 0 amide bonds. The monoisotopic (exact) mass is 351 g/mol. The Labute approximate surface area is 134 Å². The van der Waals surface area contributed by atoms with Crippen molar-refractivity contribution in [2.75, 3.05) is 12.9 Å². The van der Waals surface area contributed by atoms with E-state index in [1.807, 2.05) is 6.92 Å². The van der Waals surface area contributed by atoms with Gasteiger partial charge in [0.2, 0.25) is 10.0 Å². The summed E-state index contributed by atoms with van der Waals surface area (Å²) in [5.41, 5.74) is -0.624. The Kier molecular flexibility index (Phi) is 6.27. The maximum Gasteiger partial charge on any atom is 0.349 e. The van der Waals surface area contributed by atoms with E-state index in [1.54, 1.807) is 26.2 Å². The minimum absolute atomic E-state index is 0.0349. The van der Waals surface area contributed by atoms with E-state index < -0.39 is 21.5 Å². The minimum Gasteiger partial charge on any atom is -0.465 e.